The maximum atomic E-state index is 13.7. The van der Waals surface area contributed by atoms with Crippen molar-refractivity contribution in [2.24, 2.45) is 5.92 Å². The van der Waals surface area contributed by atoms with Gasteiger partial charge in [0, 0.05) is 96.5 Å². The predicted octanol–water partition coefficient (Wildman–Crippen LogP) is 11.9. The molecule has 13 nitrogen and oxygen atoms in total. The molecule has 4 saturated heterocycles. The van der Waals surface area contributed by atoms with Crippen molar-refractivity contribution in [2.45, 2.75) is 174 Å². The fourth-order valence-corrected chi connectivity index (χ4v) is 11.7. The molecule has 13 heteroatoms. The van der Waals surface area contributed by atoms with Crippen LogP contribution < -0.4 is 5.32 Å². The Labute approximate surface area is 488 Å². The molecule has 4 aromatic rings. The standard InChI is InChI=1S/C34H49N3O3.C20H26O2.C14H27N3O2/c1-34(2,3)40-33(39)37-22-20-31(21-23-37)35-24-26-36(27-25-35)32(38)30(18-10-16-28-12-6-4-7-13-28)19-11-17-29-14-8-5-9-15-29;21-17-22-20(15-7-13-18-9-3-1-4-10-18)16-8-14-19-11-5-2-6-12-19;1-14(2,3)19-13(18)17-8-4-12(5-9-17)16-10-6-15-7-11-16/h4-9,12-15,30-31H,10-11,16-27H2,1-3H3;1-6,9-12,20-21H,7-8,13-17H2;12,15H,4-11H2,1-3H3. The molecule has 2 N–H and O–H groups in total. The maximum Gasteiger partial charge on any atom is 0.410 e. The van der Waals surface area contributed by atoms with Crippen LogP contribution in [-0.2, 0) is 44.7 Å². The third-order valence-electron chi connectivity index (χ3n) is 16.1. The van der Waals surface area contributed by atoms with Crippen molar-refractivity contribution >= 4 is 18.1 Å². The number of carbonyl (C=O) groups excluding carboxylic acids is 3. The molecule has 0 atom stereocenters. The summed E-state index contributed by atoms with van der Waals surface area (Å²) in [6.45, 7) is 22.3. The summed E-state index contributed by atoms with van der Waals surface area (Å²) in [6.07, 6.45) is 16.3. The van der Waals surface area contributed by atoms with Gasteiger partial charge in [0.05, 0.1) is 6.10 Å². The van der Waals surface area contributed by atoms with Crippen molar-refractivity contribution in [3.63, 3.8) is 0 Å². The van der Waals surface area contributed by atoms with Gasteiger partial charge in [-0.25, -0.2) is 9.59 Å². The van der Waals surface area contributed by atoms with E-state index in [9.17, 15) is 14.4 Å². The van der Waals surface area contributed by atoms with E-state index < -0.39 is 11.2 Å². The summed E-state index contributed by atoms with van der Waals surface area (Å²) in [7, 11) is 0. The van der Waals surface area contributed by atoms with Crippen LogP contribution in [0.15, 0.2) is 121 Å². The Morgan fingerprint density at radius 3 is 1.14 bits per heavy atom. The second kappa shape index (κ2) is 35.0. The summed E-state index contributed by atoms with van der Waals surface area (Å²) < 4.78 is 16.5. The minimum Gasteiger partial charge on any atom is -0.444 e. The number of hydrogen-bond acceptors (Lipinski definition) is 10. The minimum atomic E-state index is -0.461. The second-order valence-corrected chi connectivity index (χ2v) is 24.7. The lowest BCUT2D eigenvalue weighted by Gasteiger charge is -2.43. The molecule has 0 aromatic heterocycles. The molecule has 4 aliphatic rings. The molecular formula is C68H102N6O7. The first-order chi connectivity index (χ1) is 39.1. The van der Waals surface area contributed by atoms with Crippen molar-refractivity contribution < 1.29 is 33.7 Å². The quantitative estimate of drug-likeness (QED) is 0.0779. The van der Waals surface area contributed by atoms with E-state index in [4.69, 9.17) is 19.3 Å². The zero-order valence-corrected chi connectivity index (χ0v) is 50.5. The van der Waals surface area contributed by atoms with Gasteiger partial charge in [0.15, 0.2) is 0 Å². The van der Waals surface area contributed by atoms with E-state index in [1.54, 1.807) is 0 Å². The van der Waals surface area contributed by atoms with Gasteiger partial charge in [-0.05, 0) is 167 Å². The van der Waals surface area contributed by atoms with Crippen molar-refractivity contribution in [3.8, 4) is 0 Å². The SMILES string of the molecule is CC(C)(C)OC(=O)N1CCC(N2CCN(C(=O)C(CCCc3ccccc3)CCCc3ccccc3)CC2)CC1.CC(C)(C)OC(=O)N1CCC(N2CCNCC2)CC1.OCOC(CCCc1ccccc1)CCCc1ccccc1. The van der Waals surface area contributed by atoms with Gasteiger partial charge in [0.2, 0.25) is 5.91 Å². The number of ether oxygens (including phenoxy) is 3. The van der Waals surface area contributed by atoms with Gasteiger partial charge in [-0.2, -0.15) is 0 Å². The summed E-state index contributed by atoms with van der Waals surface area (Å²) >= 11 is 0. The lowest BCUT2D eigenvalue weighted by atomic mass is 9.92. The van der Waals surface area contributed by atoms with Crippen LogP contribution >= 0.6 is 0 Å². The first-order valence-electron chi connectivity index (χ1n) is 30.9. The third-order valence-corrected chi connectivity index (χ3v) is 16.1. The summed E-state index contributed by atoms with van der Waals surface area (Å²) in [6, 6.07) is 43.4. The van der Waals surface area contributed by atoms with Crippen molar-refractivity contribution in [1.29, 1.82) is 0 Å². The number of aryl methyl sites for hydroxylation is 4. The Kier molecular flexibility index (Phi) is 28.0. The molecule has 0 radical (unpaired) electrons. The normalized spacial score (nSPS) is 17.0. The van der Waals surface area contributed by atoms with Crippen LogP contribution in [0.25, 0.3) is 0 Å². The predicted molar refractivity (Wildman–Crippen MR) is 327 cm³/mol. The number of nitrogens with one attached hydrogen (secondary N) is 1. The highest BCUT2D eigenvalue weighted by Gasteiger charge is 2.34. The fourth-order valence-electron chi connectivity index (χ4n) is 11.7. The van der Waals surface area contributed by atoms with Crippen LogP contribution in [0.3, 0.4) is 0 Å². The Balaban J connectivity index is 0.000000216. The molecule has 8 rings (SSSR count). The number of likely N-dealkylation sites (tertiary alicyclic amines) is 2. The van der Waals surface area contributed by atoms with Crippen LogP contribution in [-0.4, -0.2) is 162 Å². The van der Waals surface area contributed by atoms with E-state index in [0.717, 1.165) is 181 Å². The lowest BCUT2D eigenvalue weighted by molar-refractivity contribution is -0.138. The number of rotatable bonds is 21. The molecule has 0 bridgehead atoms. The largest absolute Gasteiger partial charge is 0.444 e. The van der Waals surface area contributed by atoms with E-state index in [2.05, 4.69) is 129 Å². The van der Waals surface area contributed by atoms with Crippen molar-refractivity contribution in [1.82, 2.24) is 29.8 Å². The average Bonchev–Trinajstić information content (AvgIpc) is 3.49. The van der Waals surface area contributed by atoms with E-state index in [0.29, 0.717) is 18.0 Å². The molecule has 446 valence electrons. The van der Waals surface area contributed by atoms with Gasteiger partial charge in [0.1, 0.15) is 18.0 Å². The molecule has 3 amide bonds. The average molecular weight is 1120 g/mol. The van der Waals surface area contributed by atoms with E-state index in [1.165, 1.54) is 22.3 Å². The number of piperazine rings is 2. The Hall–Kier alpha value is -5.31. The Morgan fingerprint density at radius 2 is 0.802 bits per heavy atom. The highest BCUT2D eigenvalue weighted by atomic mass is 16.6. The highest BCUT2D eigenvalue weighted by Crippen LogP contribution is 2.25. The number of piperidine rings is 2. The molecule has 0 aliphatic carbocycles. The van der Waals surface area contributed by atoms with Crippen LogP contribution in [0, 0.1) is 5.92 Å². The third kappa shape index (κ3) is 25.0. The van der Waals surface area contributed by atoms with Gasteiger partial charge in [-0.15, -0.1) is 0 Å². The summed E-state index contributed by atoms with van der Waals surface area (Å²) in [5, 5.41) is 12.4. The maximum absolute atomic E-state index is 13.7. The lowest BCUT2D eigenvalue weighted by Crippen LogP contribution is -2.55. The monoisotopic (exact) mass is 1110 g/mol. The number of benzene rings is 4. The van der Waals surface area contributed by atoms with Crippen LogP contribution in [0.1, 0.15) is 141 Å². The van der Waals surface area contributed by atoms with Gasteiger partial charge in [0.25, 0.3) is 0 Å². The first-order valence-corrected chi connectivity index (χ1v) is 30.9. The topological polar surface area (TPSA) is 127 Å². The van der Waals surface area contributed by atoms with Gasteiger partial charge in [-0.3, -0.25) is 14.6 Å². The van der Waals surface area contributed by atoms with Crippen LogP contribution in [0.4, 0.5) is 9.59 Å². The van der Waals surface area contributed by atoms with E-state index in [-0.39, 0.29) is 31.0 Å². The van der Waals surface area contributed by atoms with Crippen LogP contribution in [0.2, 0.25) is 0 Å². The van der Waals surface area contributed by atoms with Gasteiger partial charge in [-0.1, -0.05) is 121 Å². The number of amides is 3. The molecule has 0 spiro atoms. The van der Waals surface area contributed by atoms with E-state index >= 15 is 0 Å². The number of aliphatic hydroxyl groups excluding tert-OH is 1. The van der Waals surface area contributed by atoms with Crippen molar-refractivity contribution in [3.05, 3.63) is 144 Å². The molecule has 4 aliphatic heterocycles. The number of nitrogens with zero attached hydrogens (tertiary/aromatic N) is 5. The molecule has 0 unspecified atom stereocenters. The Morgan fingerprint density at radius 1 is 0.469 bits per heavy atom. The second-order valence-electron chi connectivity index (χ2n) is 24.7. The summed E-state index contributed by atoms with van der Waals surface area (Å²) in [4.78, 5) is 49.1. The zero-order chi connectivity index (χ0) is 57.7. The summed E-state index contributed by atoms with van der Waals surface area (Å²) in [5.41, 5.74) is 4.59. The molecule has 4 aromatic carbocycles. The zero-order valence-electron chi connectivity index (χ0n) is 50.5. The molecule has 4 fully saturated rings. The molecule has 0 saturated carbocycles. The highest BCUT2D eigenvalue weighted by molar-refractivity contribution is 5.79. The number of carbonyl (C=O) groups is 3. The molecular weight excluding hydrogens is 1010 g/mol. The number of hydrogen-bond donors (Lipinski definition) is 2. The molecule has 81 heavy (non-hydrogen) atoms. The first kappa shape index (κ1) is 64.9. The Bertz CT molecular complexity index is 2230. The van der Waals surface area contributed by atoms with Crippen molar-refractivity contribution in [2.75, 3.05) is 85.3 Å². The number of aliphatic hydroxyl groups is 1. The fraction of sp³-hybridized carbons (Fsp3) is 0.603. The minimum absolute atomic E-state index is 0.0936. The van der Waals surface area contributed by atoms with Gasteiger partial charge >= 0.3 is 12.2 Å². The smallest absolute Gasteiger partial charge is 0.410 e. The molecule has 4 heterocycles. The summed E-state index contributed by atoms with van der Waals surface area (Å²) in [5.74, 6) is 0.441. The van der Waals surface area contributed by atoms with Gasteiger partial charge < -0.3 is 39.3 Å². The van der Waals surface area contributed by atoms with E-state index in [1.807, 2.05) is 63.5 Å². The van der Waals surface area contributed by atoms with Crippen LogP contribution in [0.5, 0.6) is 0 Å².